The minimum atomic E-state index is -0.675. The van der Waals surface area contributed by atoms with Crippen molar-refractivity contribution in [2.45, 2.75) is 12.6 Å². The van der Waals surface area contributed by atoms with E-state index < -0.39 is 6.04 Å². The lowest BCUT2D eigenvalue weighted by Crippen LogP contribution is -2.34. The number of nitriles is 1. The molecule has 1 atom stereocenters. The molecule has 0 spiro atoms. The molecule has 0 radical (unpaired) electrons. The molecule has 4 aromatic rings. The van der Waals surface area contributed by atoms with Gasteiger partial charge < -0.3 is 21.5 Å². The van der Waals surface area contributed by atoms with Crippen LogP contribution in [-0.2, 0) is 11.3 Å². The van der Waals surface area contributed by atoms with Gasteiger partial charge in [0.15, 0.2) is 0 Å². The average Bonchev–Trinajstić information content (AvgIpc) is 2.88. The van der Waals surface area contributed by atoms with Gasteiger partial charge in [0.05, 0.1) is 29.2 Å². The molecule has 0 aliphatic heterocycles. The number of carbonyl (C=O) groups is 1. The summed E-state index contributed by atoms with van der Waals surface area (Å²) in [6.45, 7) is 0.381. The number of rotatable bonds is 7. The predicted octanol–water partition coefficient (Wildman–Crippen LogP) is 4.24. The second-order valence-corrected chi connectivity index (χ2v) is 8.09. The number of anilines is 1. The number of fused-ring (bicyclic) bond motifs is 1. The Hall–Kier alpha value is -4.12. The molecule has 1 aromatic heterocycles. The fraction of sp³-hybridized carbons (Fsp3) is 0.115. The molecule has 0 fully saturated rings. The fourth-order valence-corrected chi connectivity index (χ4v) is 3.94. The number of halogens is 1. The number of hydrogen-bond acceptors (Lipinski definition) is 6. The molecule has 0 saturated carbocycles. The highest BCUT2D eigenvalue weighted by atomic mass is 35.5. The number of amides is 1. The zero-order valence-electron chi connectivity index (χ0n) is 18.1. The Bertz CT molecular complexity index is 1370. The van der Waals surface area contributed by atoms with Crippen LogP contribution in [0.5, 0.6) is 5.75 Å². The number of aromatic nitrogens is 1. The quantitative estimate of drug-likeness (QED) is 0.319. The smallest absolute Gasteiger partial charge is 0.240 e. The topological polar surface area (TPSA) is 124 Å². The van der Waals surface area contributed by atoms with Gasteiger partial charge in [0.1, 0.15) is 11.3 Å². The van der Waals surface area contributed by atoms with E-state index in [4.69, 9.17) is 22.6 Å². The van der Waals surface area contributed by atoms with Gasteiger partial charge in [0.2, 0.25) is 5.91 Å². The van der Waals surface area contributed by atoms with E-state index in [0.717, 1.165) is 11.1 Å². The SMILES string of the molecule is N#Cc1ccc(NCC(=O)NC(c2ccc(CN)cc2)c2cc(Cl)c3cccnc3c2O)cc1. The Morgan fingerprint density at radius 1 is 1.15 bits per heavy atom. The van der Waals surface area contributed by atoms with Crippen molar-refractivity contribution in [3.8, 4) is 11.8 Å². The summed E-state index contributed by atoms with van der Waals surface area (Å²) in [5.41, 5.74) is 9.46. The number of phenolic OH excluding ortho intramolecular Hbond substituents is 1. The monoisotopic (exact) mass is 471 g/mol. The Balaban J connectivity index is 1.64. The molecule has 0 saturated heterocycles. The number of benzene rings is 3. The largest absolute Gasteiger partial charge is 0.505 e. The van der Waals surface area contributed by atoms with Crippen molar-refractivity contribution < 1.29 is 9.90 Å². The van der Waals surface area contributed by atoms with Crippen molar-refractivity contribution in [3.05, 3.63) is 100 Å². The summed E-state index contributed by atoms with van der Waals surface area (Å²) >= 11 is 6.50. The van der Waals surface area contributed by atoms with E-state index in [-0.39, 0.29) is 18.2 Å². The Labute approximate surface area is 201 Å². The molecule has 8 heteroatoms. The highest BCUT2D eigenvalue weighted by Gasteiger charge is 2.23. The van der Waals surface area contributed by atoms with Crippen LogP contribution < -0.4 is 16.4 Å². The molecule has 1 unspecified atom stereocenters. The number of nitrogens with two attached hydrogens (primary N) is 1. The first kappa shape index (κ1) is 23.1. The van der Waals surface area contributed by atoms with Gasteiger partial charge in [-0.25, -0.2) is 0 Å². The molecule has 5 N–H and O–H groups in total. The minimum Gasteiger partial charge on any atom is -0.505 e. The summed E-state index contributed by atoms with van der Waals surface area (Å²) in [6.07, 6.45) is 1.58. The van der Waals surface area contributed by atoms with Crippen molar-refractivity contribution in [1.82, 2.24) is 10.3 Å². The van der Waals surface area contributed by atoms with E-state index in [9.17, 15) is 9.90 Å². The summed E-state index contributed by atoms with van der Waals surface area (Å²) in [7, 11) is 0. The molecular formula is C26H22ClN5O2. The fourth-order valence-electron chi connectivity index (χ4n) is 3.67. The number of phenols is 1. The van der Waals surface area contributed by atoms with Crippen molar-refractivity contribution in [1.29, 1.82) is 5.26 Å². The van der Waals surface area contributed by atoms with Crippen LogP contribution in [-0.4, -0.2) is 22.5 Å². The van der Waals surface area contributed by atoms with Crippen LogP contribution in [0.25, 0.3) is 10.9 Å². The van der Waals surface area contributed by atoms with Crippen LogP contribution in [0.3, 0.4) is 0 Å². The molecule has 34 heavy (non-hydrogen) atoms. The van der Waals surface area contributed by atoms with Crippen LogP contribution in [0.15, 0.2) is 72.9 Å². The van der Waals surface area contributed by atoms with Gasteiger partial charge in [-0.05, 0) is 53.6 Å². The van der Waals surface area contributed by atoms with Crippen LogP contribution in [0, 0.1) is 11.3 Å². The number of nitrogens with one attached hydrogen (secondary N) is 2. The van der Waals surface area contributed by atoms with Gasteiger partial charge in [-0.1, -0.05) is 35.9 Å². The van der Waals surface area contributed by atoms with E-state index in [1.807, 2.05) is 24.3 Å². The Kier molecular flexibility index (Phi) is 6.93. The standard InChI is InChI=1S/C26H22ClN5O2/c27-22-12-21(26(34)25-20(22)2-1-11-30-25)24(18-7-3-16(13-28)4-8-18)32-23(33)15-31-19-9-5-17(14-29)6-10-19/h1-12,24,31,34H,13,15,28H2,(H,32,33). The maximum absolute atomic E-state index is 12.9. The molecule has 0 aliphatic rings. The van der Waals surface area contributed by atoms with Gasteiger partial charge in [-0.3, -0.25) is 9.78 Å². The molecule has 170 valence electrons. The van der Waals surface area contributed by atoms with E-state index in [0.29, 0.717) is 39.3 Å². The maximum Gasteiger partial charge on any atom is 0.240 e. The van der Waals surface area contributed by atoms with Gasteiger partial charge >= 0.3 is 0 Å². The summed E-state index contributed by atoms with van der Waals surface area (Å²) < 4.78 is 0. The van der Waals surface area contributed by atoms with Crippen molar-refractivity contribution in [3.63, 3.8) is 0 Å². The highest BCUT2D eigenvalue weighted by Crippen LogP contribution is 2.38. The lowest BCUT2D eigenvalue weighted by molar-refractivity contribution is -0.119. The van der Waals surface area contributed by atoms with Gasteiger partial charge in [0.25, 0.3) is 0 Å². The zero-order valence-corrected chi connectivity index (χ0v) is 18.9. The molecule has 1 amide bonds. The molecular weight excluding hydrogens is 450 g/mol. The Morgan fingerprint density at radius 3 is 2.56 bits per heavy atom. The predicted molar refractivity (Wildman–Crippen MR) is 132 cm³/mol. The van der Waals surface area contributed by atoms with Gasteiger partial charge in [0, 0.05) is 29.4 Å². The lowest BCUT2D eigenvalue weighted by atomic mass is 9.95. The number of nitrogens with zero attached hydrogens (tertiary/aromatic N) is 2. The first-order valence-corrected chi connectivity index (χ1v) is 11.0. The minimum absolute atomic E-state index is 0.0103. The van der Waals surface area contributed by atoms with E-state index in [1.165, 1.54) is 0 Å². The first-order chi connectivity index (χ1) is 16.5. The summed E-state index contributed by atoms with van der Waals surface area (Å²) in [5.74, 6) is -0.345. The second kappa shape index (κ2) is 10.2. The zero-order chi connectivity index (χ0) is 24.1. The number of pyridine rings is 1. The van der Waals surface area contributed by atoms with Crippen LogP contribution in [0.1, 0.15) is 28.3 Å². The first-order valence-electron chi connectivity index (χ1n) is 10.6. The third-order valence-corrected chi connectivity index (χ3v) is 5.79. The van der Waals surface area contributed by atoms with Gasteiger partial charge in [-0.2, -0.15) is 5.26 Å². The molecule has 0 bridgehead atoms. The number of aromatic hydroxyl groups is 1. The molecule has 1 heterocycles. The van der Waals surface area contributed by atoms with Crippen LogP contribution in [0.2, 0.25) is 5.02 Å². The van der Waals surface area contributed by atoms with Crippen molar-refractivity contribution >= 4 is 34.1 Å². The molecule has 7 nitrogen and oxygen atoms in total. The van der Waals surface area contributed by atoms with E-state index in [1.54, 1.807) is 48.7 Å². The van der Waals surface area contributed by atoms with Crippen LogP contribution in [0.4, 0.5) is 5.69 Å². The summed E-state index contributed by atoms with van der Waals surface area (Å²) in [4.78, 5) is 17.2. The maximum atomic E-state index is 12.9. The number of carbonyl (C=O) groups excluding carboxylic acids is 1. The third-order valence-electron chi connectivity index (χ3n) is 5.48. The molecule has 3 aromatic carbocycles. The summed E-state index contributed by atoms with van der Waals surface area (Å²) in [6, 6.07) is 20.8. The van der Waals surface area contributed by atoms with Crippen molar-refractivity contribution in [2.75, 3.05) is 11.9 Å². The highest BCUT2D eigenvalue weighted by molar-refractivity contribution is 6.35. The van der Waals surface area contributed by atoms with E-state index >= 15 is 0 Å². The third kappa shape index (κ3) is 4.94. The molecule has 4 rings (SSSR count). The van der Waals surface area contributed by atoms with E-state index in [2.05, 4.69) is 21.7 Å². The Morgan fingerprint density at radius 2 is 1.88 bits per heavy atom. The summed E-state index contributed by atoms with van der Waals surface area (Å²) in [5, 5.41) is 27.0. The lowest BCUT2D eigenvalue weighted by Gasteiger charge is -2.22. The average molecular weight is 472 g/mol. The van der Waals surface area contributed by atoms with Gasteiger partial charge in [-0.15, -0.1) is 0 Å². The second-order valence-electron chi connectivity index (χ2n) is 7.68. The van der Waals surface area contributed by atoms with Crippen molar-refractivity contribution in [2.24, 2.45) is 5.73 Å². The van der Waals surface area contributed by atoms with Crippen LogP contribution >= 0.6 is 11.6 Å². The molecule has 0 aliphatic carbocycles. The number of hydrogen-bond donors (Lipinski definition) is 4. The normalized spacial score (nSPS) is 11.6.